The second-order valence-electron chi connectivity index (χ2n) is 5.51. The van der Waals surface area contributed by atoms with Crippen molar-refractivity contribution in [3.05, 3.63) is 0 Å². The molecule has 0 spiro atoms. The Morgan fingerprint density at radius 3 is 2.60 bits per heavy atom. The number of ether oxygens (including phenoxy) is 2. The van der Waals surface area contributed by atoms with Crippen LogP contribution < -0.4 is 0 Å². The molecule has 3 aliphatic rings. The monoisotopic (exact) mass is 303 g/mol. The number of sulfonamides is 1. The van der Waals surface area contributed by atoms with Gasteiger partial charge in [-0.2, -0.15) is 0 Å². The zero-order valence-corrected chi connectivity index (χ0v) is 11.8. The van der Waals surface area contributed by atoms with Crippen LogP contribution in [-0.2, 0) is 29.1 Å². The minimum Gasteiger partial charge on any atom is -0.393 e. The van der Waals surface area contributed by atoms with E-state index in [0.717, 1.165) is 12.8 Å². The van der Waals surface area contributed by atoms with Crippen LogP contribution in [0.15, 0.2) is 0 Å². The topological polar surface area (TPSA) is 90.0 Å². The van der Waals surface area contributed by atoms with Crippen LogP contribution in [0, 0.1) is 11.8 Å². The summed E-state index contributed by atoms with van der Waals surface area (Å²) < 4.78 is 35.9. The van der Waals surface area contributed by atoms with Crippen LogP contribution in [0.1, 0.15) is 19.3 Å². The van der Waals surface area contributed by atoms with Gasteiger partial charge in [0.15, 0.2) is 0 Å². The van der Waals surface area contributed by atoms with Gasteiger partial charge in [0.2, 0.25) is 10.0 Å². The Morgan fingerprint density at radius 2 is 1.90 bits per heavy atom. The van der Waals surface area contributed by atoms with E-state index in [-0.39, 0.29) is 24.9 Å². The first-order valence-corrected chi connectivity index (χ1v) is 8.43. The Bertz CT molecular complexity index is 524. The van der Waals surface area contributed by atoms with E-state index in [1.54, 1.807) is 0 Å². The first-order valence-electron chi connectivity index (χ1n) is 6.82. The van der Waals surface area contributed by atoms with Crippen LogP contribution >= 0.6 is 0 Å². The number of fused-ring (bicyclic) bond motifs is 1. The van der Waals surface area contributed by atoms with Gasteiger partial charge < -0.3 is 9.47 Å². The smallest absolute Gasteiger partial charge is 0.318 e. The largest absolute Gasteiger partial charge is 0.393 e. The first-order chi connectivity index (χ1) is 9.47. The van der Waals surface area contributed by atoms with E-state index in [9.17, 15) is 18.0 Å². The van der Waals surface area contributed by atoms with Crippen LogP contribution in [0.2, 0.25) is 0 Å². The van der Waals surface area contributed by atoms with Crippen LogP contribution in [0.3, 0.4) is 0 Å². The molecule has 3 fully saturated rings. The molecule has 0 aromatic rings. The molecule has 20 heavy (non-hydrogen) atoms. The maximum Gasteiger partial charge on any atom is 0.318 e. The standard InChI is InChI=1S/C12H17NO6S/c14-11-9-3-4-13(6-10(9)12(15)19-11)20(16,17)7-8-2-1-5-18-8/h8-10H,1-7H2. The van der Waals surface area contributed by atoms with E-state index in [2.05, 4.69) is 4.74 Å². The second-order valence-corrected chi connectivity index (χ2v) is 7.53. The highest BCUT2D eigenvalue weighted by atomic mass is 32.2. The van der Waals surface area contributed by atoms with Gasteiger partial charge in [-0.05, 0) is 19.3 Å². The van der Waals surface area contributed by atoms with Crippen molar-refractivity contribution in [2.45, 2.75) is 25.4 Å². The number of hydrogen-bond acceptors (Lipinski definition) is 6. The number of hydrogen-bond donors (Lipinski definition) is 0. The number of carbonyl (C=O) groups excluding carboxylic acids is 2. The molecule has 0 saturated carbocycles. The van der Waals surface area contributed by atoms with Crippen molar-refractivity contribution in [1.82, 2.24) is 4.31 Å². The van der Waals surface area contributed by atoms with Crippen LogP contribution in [-0.4, -0.2) is 56.2 Å². The van der Waals surface area contributed by atoms with Gasteiger partial charge in [0.25, 0.3) is 0 Å². The maximum atomic E-state index is 12.3. The maximum absolute atomic E-state index is 12.3. The van der Waals surface area contributed by atoms with Gasteiger partial charge in [-0.1, -0.05) is 0 Å². The summed E-state index contributed by atoms with van der Waals surface area (Å²) in [5.41, 5.74) is 0. The molecule has 0 aromatic carbocycles. The number of rotatable bonds is 3. The molecule has 0 bridgehead atoms. The summed E-state index contributed by atoms with van der Waals surface area (Å²) in [5, 5.41) is 0. The number of carbonyl (C=O) groups is 2. The lowest BCUT2D eigenvalue weighted by Crippen LogP contribution is -2.46. The lowest BCUT2D eigenvalue weighted by atomic mass is 9.89. The van der Waals surface area contributed by atoms with Crippen molar-refractivity contribution in [3.63, 3.8) is 0 Å². The van der Waals surface area contributed by atoms with E-state index >= 15 is 0 Å². The summed E-state index contributed by atoms with van der Waals surface area (Å²) >= 11 is 0. The second kappa shape index (κ2) is 5.09. The molecule has 0 radical (unpaired) electrons. The molecule has 0 aromatic heterocycles. The summed E-state index contributed by atoms with van der Waals surface area (Å²) in [4.78, 5) is 23.0. The number of esters is 2. The highest BCUT2D eigenvalue weighted by molar-refractivity contribution is 7.89. The summed E-state index contributed by atoms with van der Waals surface area (Å²) in [5.74, 6) is -2.28. The van der Waals surface area contributed by atoms with E-state index in [4.69, 9.17) is 4.74 Å². The Morgan fingerprint density at radius 1 is 1.15 bits per heavy atom. The molecule has 0 N–H and O–H groups in total. The number of nitrogens with zero attached hydrogens (tertiary/aromatic N) is 1. The third-order valence-corrected chi connectivity index (χ3v) is 6.11. The fourth-order valence-corrected chi connectivity index (χ4v) is 4.78. The Hall–Kier alpha value is -0.990. The van der Waals surface area contributed by atoms with Gasteiger partial charge in [-0.3, -0.25) is 9.59 Å². The quantitative estimate of drug-likeness (QED) is 0.516. The molecule has 3 unspecified atom stereocenters. The lowest BCUT2D eigenvalue weighted by molar-refractivity contribution is -0.153. The predicted molar refractivity (Wildman–Crippen MR) is 67.0 cm³/mol. The van der Waals surface area contributed by atoms with Crippen molar-refractivity contribution in [2.75, 3.05) is 25.4 Å². The molecule has 112 valence electrons. The highest BCUT2D eigenvalue weighted by Crippen LogP contribution is 2.33. The zero-order valence-electron chi connectivity index (χ0n) is 11.0. The van der Waals surface area contributed by atoms with Gasteiger partial charge in [0.05, 0.1) is 23.7 Å². The van der Waals surface area contributed by atoms with Gasteiger partial charge in [-0.25, -0.2) is 12.7 Å². The lowest BCUT2D eigenvalue weighted by Gasteiger charge is -2.31. The number of cyclic esters (lactones) is 2. The normalized spacial score (nSPS) is 35.1. The Labute approximate surface area is 117 Å². The van der Waals surface area contributed by atoms with Crippen molar-refractivity contribution < 1.29 is 27.5 Å². The third-order valence-electron chi connectivity index (χ3n) is 4.20. The van der Waals surface area contributed by atoms with E-state index in [1.165, 1.54) is 4.31 Å². The van der Waals surface area contributed by atoms with Gasteiger partial charge >= 0.3 is 11.9 Å². The molecular weight excluding hydrogens is 286 g/mol. The summed E-state index contributed by atoms with van der Waals surface area (Å²) in [6, 6.07) is 0. The first kappa shape index (κ1) is 14.0. The third kappa shape index (κ3) is 2.47. The summed E-state index contributed by atoms with van der Waals surface area (Å²) in [6.07, 6.45) is 1.72. The van der Waals surface area contributed by atoms with Crippen molar-refractivity contribution in [1.29, 1.82) is 0 Å². The minimum absolute atomic E-state index is 0.0459. The van der Waals surface area contributed by atoms with Gasteiger partial charge in [-0.15, -0.1) is 0 Å². The molecule has 3 aliphatic heterocycles. The average molecular weight is 303 g/mol. The van der Waals surface area contributed by atoms with Crippen LogP contribution in [0.25, 0.3) is 0 Å². The van der Waals surface area contributed by atoms with Crippen molar-refractivity contribution >= 4 is 22.0 Å². The SMILES string of the molecule is O=C1OC(=O)C2CN(S(=O)(=O)CC3CCCO3)CCC12. The van der Waals surface area contributed by atoms with Crippen molar-refractivity contribution in [3.8, 4) is 0 Å². The molecule has 3 saturated heterocycles. The highest BCUT2D eigenvalue weighted by Gasteiger charge is 2.49. The fraction of sp³-hybridized carbons (Fsp3) is 0.833. The Balaban J connectivity index is 1.68. The molecular formula is C12H17NO6S. The van der Waals surface area contributed by atoms with E-state index < -0.39 is 33.8 Å². The molecule has 3 heterocycles. The van der Waals surface area contributed by atoms with Gasteiger partial charge in [0, 0.05) is 19.7 Å². The van der Waals surface area contributed by atoms with E-state index in [1.807, 2.05) is 0 Å². The Kier molecular flexibility index (Phi) is 3.55. The summed E-state index contributed by atoms with van der Waals surface area (Å²) in [7, 11) is -3.46. The predicted octanol–water partition coefficient (Wildman–Crippen LogP) is -0.483. The van der Waals surface area contributed by atoms with Crippen LogP contribution in [0.4, 0.5) is 0 Å². The molecule has 0 aliphatic carbocycles. The molecule has 3 atom stereocenters. The van der Waals surface area contributed by atoms with E-state index in [0.29, 0.717) is 13.0 Å². The molecule has 8 heteroatoms. The fourth-order valence-electron chi connectivity index (χ4n) is 3.06. The minimum atomic E-state index is -3.46. The van der Waals surface area contributed by atoms with Crippen molar-refractivity contribution in [2.24, 2.45) is 11.8 Å². The van der Waals surface area contributed by atoms with Crippen LogP contribution in [0.5, 0.6) is 0 Å². The summed E-state index contributed by atoms with van der Waals surface area (Å²) in [6.45, 7) is 0.911. The molecule has 7 nitrogen and oxygen atoms in total. The average Bonchev–Trinajstić information content (AvgIpc) is 2.98. The zero-order chi connectivity index (χ0) is 14.3. The number of piperidine rings is 1. The molecule has 3 rings (SSSR count). The molecule has 0 amide bonds. The van der Waals surface area contributed by atoms with Gasteiger partial charge in [0.1, 0.15) is 0 Å².